The van der Waals surface area contributed by atoms with E-state index in [1.54, 1.807) is 54.1 Å². The molecule has 0 spiro atoms. The van der Waals surface area contributed by atoms with E-state index in [-0.39, 0.29) is 36.1 Å². The first-order valence-electron chi connectivity index (χ1n) is 11.2. The number of fused-ring (bicyclic) bond motifs is 1. The summed E-state index contributed by atoms with van der Waals surface area (Å²) in [5, 5.41) is 9.29. The second kappa shape index (κ2) is 10.2. The Labute approximate surface area is 195 Å². The highest BCUT2D eigenvalue weighted by molar-refractivity contribution is 6.08. The highest BCUT2D eigenvalue weighted by Crippen LogP contribution is 2.24. The Bertz CT molecular complexity index is 1130. The number of aromatic nitrogens is 2. The number of hydrogen-bond donors (Lipinski definition) is 1. The Kier molecular flexibility index (Phi) is 7.53. The van der Waals surface area contributed by atoms with Gasteiger partial charge in [0.1, 0.15) is 12.3 Å². The molecule has 1 amide bonds. The van der Waals surface area contributed by atoms with Crippen LogP contribution >= 0.6 is 0 Å². The van der Waals surface area contributed by atoms with Gasteiger partial charge < -0.3 is 19.3 Å². The summed E-state index contributed by atoms with van der Waals surface area (Å²) < 4.78 is 7.04. The maximum absolute atomic E-state index is 13.4. The number of nitrogens with zero attached hydrogens (tertiary/aromatic N) is 3. The van der Waals surface area contributed by atoms with Gasteiger partial charge >= 0.3 is 0 Å². The molecular weight excluding hydrogens is 418 g/mol. The van der Waals surface area contributed by atoms with Crippen LogP contribution in [-0.2, 0) is 17.9 Å². The molecule has 33 heavy (non-hydrogen) atoms. The first-order valence-corrected chi connectivity index (χ1v) is 11.2. The molecule has 0 saturated carbocycles. The van der Waals surface area contributed by atoms with Gasteiger partial charge in [-0.2, -0.15) is 0 Å². The number of carbonyl (C=O) groups excluding carboxylic acids is 2. The number of benzene rings is 2. The molecule has 0 radical (unpaired) electrons. The summed E-state index contributed by atoms with van der Waals surface area (Å²) in [7, 11) is 1.58. The van der Waals surface area contributed by atoms with Gasteiger partial charge in [0.05, 0.1) is 24.8 Å². The molecule has 0 aliphatic heterocycles. The van der Waals surface area contributed by atoms with Gasteiger partial charge in [-0.05, 0) is 36.5 Å². The van der Waals surface area contributed by atoms with E-state index in [2.05, 4.69) is 25.8 Å². The molecule has 3 aromatic rings. The summed E-state index contributed by atoms with van der Waals surface area (Å²) in [5.74, 6) is 0.492. The van der Waals surface area contributed by atoms with Gasteiger partial charge in [-0.25, -0.2) is 4.98 Å². The van der Waals surface area contributed by atoms with Gasteiger partial charge in [-0.1, -0.05) is 45.0 Å². The van der Waals surface area contributed by atoms with Crippen molar-refractivity contribution < 1.29 is 19.4 Å². The standard InChI is InChI=1S/C26H33N3O4/c1-6-28(14-13-26(2,3)4)23(31)16-29-22-15-20(33-5)11-12-21(22)27-25(29)24(32)19-9-7-18(17-30)8-10-19/h7-12,15,30H,6,13-14,16-17H2,1-5H3. The lowest BCUT2D eigenvalue weighted by Crippen LogP contribution is -2.36. The number of aliphatic hydroxyl groups is 1. The highest BCUT2D eigenvalue weighted by Gasteiger charge is 2.24. The van der Waals surface area contributed by atoms with Crippen LogP contribution in [0.2, 0.25) is 0 Å². The smallest absolute Gasteiger partial charge is 0.242 e. The van der Waals surface area contributed by atoms with Crippen molar-refractivity contribution in [3.8, 4) is 5.75 Å². The minimum absolute atomic E-state index is 0.0114. The second-order valence-corrected chi connectivity index (χ2v) is 9.34. The maximum Gasteiger partial charge on any atom is 0.242 e. The van der Waals surface area contributed by atoms with E-state index in [1.807, 2.05) is 11.8 Å². The third-order valence-corrected chi connectivity index (χ3v) is 5.72. The average molecular weight is 452 g/mol. The number of ketones is 1. The van der Waals surface area contributed by atoms with E-state index in [0.717, 1.165) is 12.0 Å². The van der Waals surface area contributed by atoms with Crippen LogP contribution in [0.15, 0.2) is 42.5 Å². The number of imidazole rings is 1. The van der Waals surface area contributed by atoms with Crippen LogP contribution < -0.4 is 4.74 Å². The van der Waals surface area contributed by atoms with Crippen LogP contribution in [0.25, 0.3) is 11.0 Å². The molecule has 3 rings (SSSR count). The molecule has 1 aromatic heterocycles. The third-order valence-electron chi connectivity index (χ3n) is 5.72. The van der Waals surface area contributed by atoms with E-state index in [0.29, 0.717) is 35.4 Å². The zero-order valence-electron chi connectivity index (χ0n) is 20.1. The van der Waals surface area contributed by atoms with Crippen LogP contribution in [-0.4, -0.2) is 51.4 Å². The summed E-state index contributed by atoms with van der Waals surface area (Å²) in [5.41, 5.74) is 2.58. The highest BCUT2D eigenvalue weighted by atomic mass is 16.5. The van der Waals surface area contributed by atoms with Gasteiger partial charge in [-0.3, -0.25) is 9.59 Å². The largest absolute Gasteiger partial charge is 0.497 e. The Balaban J connectivity index is 2.00. The Morgan fingerprint density at radius 1 is 1.12 bits per heavy atom. The number of rotatable bonds is 9. The molecule has 2 aromatic carbocycles. The fourth-order valence-electron chi connectivity index (χ4n) is 3.62. The maximum atomic E-state index is 13.4. The number of ether oxygens (including phenoxy) is 1. The summed E-state index contributed by atoms with van der Waals surface area (Å²) in [6, 6.07) is 12.1. The number of carbonyl (C=O) groups is 2. The molecule has 7 nitrogen and oxygen atoms in total. The zero-order valence-corrected chi connectivity index (χ0v) is 20.1. The van der Waals surface area contributed by atoms with E-state index >= 15 is 0 Å². The third kappa shape index (κ3) is 5.79. The number of aliphatic hydroxyl groups excluding tert-OH is 1. The topological polar surface area (TPSA) is 84.7 Å². The van der Waals surface area contributed by atoms with Gasteiger partial charge in [0.25, 0.3) is 0 Å². The van der Waals surface area contributed by atoms with Gasteiger partial charge in [0, 0.05) is 24.7 Å². The Hall–Kier alpha value is -3.19. The Morgan fingerprint density at radius 2 is 1.82 bits per heavy atom. The van der Waals surface area contributed by atoms with Crippen molar-refractivity contribution in [3.05, 3.63) is 59.4 Å². The molecule has 7 heteroatoms. The van der Waals surface area contributed by atoms with Gasteiger partial charge in [0.2, 0.25) is 11.7 Å². The molecule has 0 bridgehead atoms. The number of methoxy groups -OCH3 is 1. The van der Waals surface area contributed by atoms with Crippen molar-refractivity contribution in [2.45, 2.75) is 47.3 Å². The van der Waals surface area contributed by atoms with Crippen molar-refractivity contribution in [3.63, 3.8) is 0 Å². The molecule has 0 unspecified atom stereocenters. The van der Waals surface area contributed by atoms with Crippen LogP contribution in [0.4, 0.5) is 0 Å². The zero-order chi connectivity index (χ0) is 24.2. The van der Waals surface area contributed by atoms with Gasteiger partial charge in [-0.15, -0.1) is 0 Å². The molecule has 0 fully saturated rings. The van der Waals surface area contributed by atoms with E-state index in [4.69, 9.17) is 4.74 Å². The molecule has 1 N–H and O–H groups in total. The van der Waals surface area contributed by atoms with Crippen molar-refractivity contribution in [1.29, 1.82) is 0 Å². The molecular formula is C26H33N3O4. The lowest BCUT2D eigenvalue weighted by molar-refractivity contribution is -0.131. The monoisotopic (exact) mass is 451 g/mol. The van der Waals surface area contributed by atoms with Crippen LogP contribution in [0.1, 0.15) is 55.9 Å². The summed E-state index contributed by atoms with van der Waals surface area (Å²) in [4.78, 5) is 33.0. The summed E-state index contributed by atoms with van der Waals surface area (Å²) in [6.07, 6.45) is 0.883. The lowest BCUT2D eigenvalue weighted by Gasteiger charge is -2.26. The predicted molar refractivity (Wildman–Crippen MR) is 128 cm³/mol. The fourth-order valence-corrected chi connectivity index (χ4v) is 3.62. The number of hydrogen-bond acceptors (Lipinski definition) is 5. The van der Waals surface area contributed by atoms with Crippen molar-refractivity contribution >= 4 is 22.7 Å². The minimum Gasteiger partial charge on any atom is -0.497 e. The van der Waals surface area contributed by atoms with E-state index in [1.165, 1.54) is 0 Å². The molecule has 1 heterocycles. The fraction of sp³-hybridized carbons (Fsp3) is 0.423. The van der Waals surface area contributed by atoms with Crippen LogP contribution in [0.5, 0.6) is 5.75 Å². The predicted octanol–water partition coefficient (Wildman–Crippen LogP) is 4.05. The number of likely N-dealkylation sites (N-methyl/N-ethyl adjacent to an activating group) is 1. The molecule has 0 aliphatic rings. The molecule has 0 aliphatic carbocycles. The minimum atomic E-state index is -0.278. The van der Waals surface area contributed by atoms with Crippen molar-refractivity contribution in [2.24, 2.45) is 5.41 Å². The van der Waals surface area contributed by atoms with Crippen molar-refractivity contribution in [1.82, 2.24) is 14.5 Å². The first-order chi connectivity index (χ1) is 15.7. The van der Waals surface area contributed by atoms with Crippen molar-refractivity contribution in [2.75, 3.05) is 20.2 Å². The molecule has 0 saturated heterocycles. The molecule has 176 valence electrons. The molecule has 0 atom stereocenters. The number of amides is 1. The first kappa shape index (κ1) is 24.5. The van der Waals surface area contributed by atoms with Gasteiger partial charge in [0.15, 0.2) is 5.82 Å². The van der Waals surface area contributed by atoms with Crippen LogP contribution in [0.3, 0.4) is 0 Å². The normalized spacial score (nSPS) is 11.6. The quantitative estimate of drug-likeness (QED) is 0.496. The lowest BCUT2D eigenvalue weighted by atomic mass is 9.92. The summed E-state index contributed by atoms with van der Waals surface area (Å²) in [6.45, 7) is 9.58. The average Bonchev–Trinajstić information content (AvgIpc) is 3.15. The second-order valence-electron chi connectivity index (χ2n) is 9.34. The Morgan fingerprint density at radius 3 is 2.39 bits per heavy atom. The van der Waals surface area contributed by atoms with E-state index < -0.39 is 0 Å². The van der Waals surface area contributed by atoms with Crippen LogP contribution in [0, 0.1) is 5.41 Å². The SMILES string of the molecule is CCN(CCC(C)(C)C)C(=O)Cn1c(C(=O)c2ccc(CO)cc2)nc2ccc(OC)cc21. The summed E-state index contributed by atoms with van der Waals surface area (Å²) >= 11 is 0. The van der Waals surface area contributed by atoms with E-state index in [9.17, 15) is 14.7 Å².